The second-order valence-electron chi connectivity index (χ2n) is 6.15. The number of aromatic nitrogens is 3. The first kappa shape index (κ1) is 13.9. The van der Waals surface area contributed by atoms with E-state index in [1.165, 1.54) is 32.1 Å². The molecule has 0 bridgehead atoms. The summed E-state index contributed by atoms with van der Waals surface area (Å²) in [5.74, 6) is 2.27. The minimum absolute atomic E-state index is 0.460. The molecule has 1 saturated carbocycles. The van der Waals surface area contributed by atoms with E-state index in [9.17, 15) is 0 Å². The molecule has 1 aliphatic rings. The monoisotopic (exact) mass is 291 g/mol. The quantitative estimate of drug-likeness (QED) is 0.597. The van der Waals surface area contributed by atoms with Crippen LogP contribution in [0.2, 0.25) is 0 Å². The molecule has 20 heavy (non-hydrogen) atoms. The zero-order valence-corrected chi connectivity index (χ0v) is 13.0. The van der Waals surface area contributed by atoms with Gasteiger partial charge in [-0.1, -0.05) is 19.8 Å². The number of halogens is 1. The fourth-order valence-corrected chi connectivity index (χ4v) is 3.52. The van der Waals surface area contributed by atoms with E-state index >= 15 is 0 Å². The van der Waals surface area contributed by atoms with Crippen LogP contribution < -0.4 is 0 Å². The fourth-order valence-electron chi connectivity index (χ4n) is 3.33. The number of pyridine rings is 1. The van der Waals surface area contributed by atoms with Gasteiger partial charge in [-0.15, -0.1) is 11.6 Å². The van der Waals surface area contributed by atoms with Gasteiger partial charge in [0.1, 0.15) is 11.3 Å². The molecule has 0 aliphatic heterocycles. The maximum Gasteiger partial charge on any atom is 0.160 e. The molecule has 3 nitrogen and oxygen atoms in total. The zero-order valence-electron chi connectivity index (χ0n) is 12.3. The third-order valence-electron chi connectivity index (χ3n) is 4.45. The normalized spacial score (nSPS) is 23.9. The lowest BCUT2D eigenvalue weighted by atomic mass is 10.0. The van der Waals surface area contributed by atoms with E-state index in [1.54, 1.807) is 0 Å². The van der Waals surface area contributed by atoms with Gasteiger partial charge in [0.2, 0.25) is 0 Å². The van der Waals surface area contributed by atoms with Crippen LogP contribution in [0.3, 0.4) is 0 Å². The van der Waals surface area contributed by atoms with Crippen molar-refractivity contribution >= 4 is 22.8 Å². The third kappa shape index (κ3) is 2.56. The van der Waals surface area contributed by atoms with Crippen molar-refractivity contribution in [2.24, 2.45) is 5.92 Å². The van der Waals surface area contributed by atoms with E-state index in [4.69, 9.17) is 11.6 Å². The van der Waals surface area contributed by atoms with E-state index in [2.05, 4.69) is 34.4 Å². The lowest BCUT2D eigenvalue weighted by Crippen LogP contribution is -2.12. The van der Waals surface area contributed by atoms with Gasteiger partial charge >= 0.3 is 0 Å². The van der Waals surface area contributed by atoms with E-state index in [1.807, 2.05) is 6.20 Å². The van der Waals surface area contributed by atoms with Crippen molar-refractivity contribution in [2.45, 2.75) is 57.9 Å². The highest BCUT2D eigenvalue weighted by atomic mass is 35.5. The molecule has 1 fully saturated rings. The number of hydrogen-bond donors (Lipinski definition) is 0. The molecule has 2 atom stereocenters. The zero-order chi connectivity index (χ0) is 14.1. The Kier molecular flexibility index (Phi) is 3.97. The fraction of sp³-hybridized carbons (Fsp3) is 0.625. The number of imidazole rings is 1. The van der Waals surface area contributed by atoms with Crippen LogP contribution >= 0.6 is 11.6 Å². The van der Waals surface area contributed by atoms with Crippen LogP contribution in [0.4, 0.5) is 0 Å². The smallest absolute Gasteiger partial charge is 0.160 e. The van der Waals surface area contributed by atoms with Gasteiger partial charge in [-0.25, -0.2) is 9.97 Å². The Labute approximate surface area is 125 Å². The standard InChI is InChI=1S/C16H22ClN3/c1-11-4-3-5-13(7-6-11)20-15(9-17)19-14-8-12(2)10-18-16(14)20/h8,10-11,13H,3-7,9H2,1-2H3. The highest BCUT2D eigenvalue weighted by Crippen LogP contribution is 2.33. The Morgan fingerprint density at radius 1 is 1.30 bits per heavy atom. The molecular weight excluding hydrogens is 270 g/mol. The lowest BCUT2D eigenvalue weighted by Gasteiger charge is -2.19. The molecule has 2 aromatic heterocycles. The van der Waals surface area contributed by atoms with Crippen LogP contribution in [-0.4, -0.2) is 14.5 Å². The maximum atomic E-state index is 6.12. The van der Waals surface area contributed by atoms with Crippen LogP contribution in [0, 0.1) is 12.8 Å². The molecule has 0 saturated heterocycles. The molecular formula is C16H22ClN3. The van der Waals surface area contributed by atoms with Crippen molar-refractivity contribution in [1.29, 1.82) is 0 Å². The van der Waals surface area contributed by atoms with Gasteiger partial charge in [0.25, 0.3) is 0 Å². The number of alkyl halides is 1. The predicted molar refractivity (Wildman–Crippen MR) is 83.1 cm³/mol. The van der Waals surface area contributed by atoms with E-state index in [0.717, 1.165) is 28.5 Å². The van der Waals surface area contributed by atoms with Crippen molar-refractivity contribution in [3.63, 3.8) is 0 Å². The van der Waals surface area contributed by atoms with Crippen LogP contribution in [0.25, 0.3) is 11.2 Å². The average molecular weight is 292 g/mol. The summed E-state index contributed by atoms with van der Waals surface area (Å²) in [5.41, 5.74) is 3.14. The topological polar surface area (TPSA) is 30.7 Å². The van der Waals surface area contributed by atoms with Crippen molar-refractivity contribution < 1.29 is 0 Å². The van der Waals surface area contributed by atoms with Crippen LogP contribution in [0.1, 0.15) is 56.5 Å². The Bertz CT molecular complexity index is 605. The summed E-state index contributed by atoms with van der Waals surface area (Å²) in [6, 6.07) is 2.61. The van der Waals surface area contributed by atoms with Gasteiger partial charge in [0.05, 0.1) is 5.88 Å². The number of rotatable bonds is 2. The van der Waals surface area contributed by atoms with Gasteiger partial charge < -0.3 is 4.57 Å². The molecule has 0 N–H and O–H groups in total. The van der Waals surface area contributed by atoms with E-state index in [0.29, 0.717) is 11.9 Å². The molecule has 0 spiro atoms. The second-order valence-corrected chi connectivity index (χ2v) is 6.42. The molecule has 1 aliphatic carbocycles. The largest absolute Gasteiger partial charge is 0.309 e. The summed E-state index contributed by atoms with van der Waals surface area (Å²) in [7, 11) is 0. The summed E-state index contributed by atoms with van der Waals surface area (Å²) in [4.78, 5) is 9.30. The Balaban J connectivity index is 2.04. The van der Waals surface area contributed by atoms with Gasteiger partial charge in [-0.05, 0) is 43.7 Å². The molecule has 2 heterocycles. The summed E-state index contributed by atoms with van der Waals surface area (Å²) in [6.45, 7) is 4.41. The Morgan fingerprint density at radius 2 is 2.15 bits per heavy atom. The second kappa shape index (κ2) is 5.72. The molecule has 0 aromatic carbocycles. The number of nitrogens with zero attached hydrogens (tertiary/aromatic N) is 3. The van der Waals surface area contributed by atoms with Gasteiger partial charge in [-0.2, -0.15) is 0 Å². The van der Waals surface area contributed by atoms with Crippen molar-refractivity contribution in [3.8, 4) is 0 Å². The van der Waals surface area contributed by atoms with Crippen molar-refractivity contribution in [1.82, 2.24) is 14.5 Å². The lowest BCUT2D eigenvalue weighted by molar-refractivity contribution is 0.431. The van der Waals surface area contributed by atoms with Crippen LogP contribution in [0.15, 0.2) is 12.3 Å². The molecule has 4 heteroatoms. The summed E-state index contributed by atoms with van der Waals surface area (Å²) in [6.07, 6.45) is 8.28. The molecule has 0 amide bonds. The minimum Gasteiger partial charge on any atom is -0.309 e. The maximum absolute atomic E-state index is 6.12. The van der Waals surface area contributed by atoms with Gasteiger partial charge in [0.15, 0.2) is 5.65 Å². The number of fused-ring (bicyclic) bond motifs is 1. The van der Waals surface area contributed by atoms with E-state index in [-0.39, 0.29) is 0 Å². The summed E-state index contributed by atoms with van der Waals surface area (Å²) in [5, 5.41) is 0. The van der Waals surface area contributed by atoms with Crippen LogP contribution in [-0.2, 0) is 5.88 Å². The number of hydrogen-bond acceptors (Lipinski definition) is 2. The third-order valence-corrected chi connectivity index (χ3v) is 4.69. The number of aryl methyl sites for hydroxylation is 1. The molecule has 0 radical (unpaired) electrons. The minimum atomic E-state index is 0.460. The van der Waals surface area contributed by atoms with Crippen molar-refractivity contribution in [2.75, 3.05) is 0 Å². The Hall–Kier alpha value is -1.09. The predicted octanol–water partition coefficient (Wildman–Crippen LogP) is 4.62. The first-order valence-corrected chi connectivity index (χ1v) is 8.12. The summed E-state index contributed by atoms with van der Waals surface area (Å²) >= 11 is 6.12. The van der Waals surface area contributed by atoms with Crippen molar-refractivity contribution in [3.05, 3.63) is 23.7 Å². The van der Waals surface area contributed by atoms with E-state index < -0.39 is 0 Å². The van der Waals surface area contributed by atoms with Gasteiger partial charge in [0, 0.05) is 12.2 Å². The van der Waals surface area contributed by atoms with Crippen LogP contribution in [0.5, 0.6) is 0 Å². The average Bonchev–Trinajstić information content (AvgIpc) is 2.66. The molecule has 2 unspecified atom stereocenters. The molecule has 2 aromatic rings. The van der Waals surface area contributed by atoms with Gasteiger partial charge in [-0.3, -0.25) is 0 Å². The molecule has 3 rings (SSSR count). The highest BCUT2D eigenvalue weighted by molar-refractivity contribution is 6.16. The SMILES string of the molecule is Cc1cnc2c(c1)nc(CCl)n2C1CCCC(C)CC1. The summed E-state index contributed by atoms with van der Waals surface area (Å²) < 4.78 is 2.31. The Morgan fingerprint density at radius 3 is 2.95 bits per heavy atom. The first-order valence-electron chi connectivity index (χ1n) is 7.58. The molecule has 108 valence electrons. The highest BCUT2D eigenvalue weighted by Gasteiger charge is 2.22. The first-order chi connectivity index (χ1) is 9.69.